The molecule has 18 heavy (non-hydrogen) atoms. The van der Waals surface area contributed by atoms with Crippen molar-refractivity contribution in [2.45, 2.75) is 65.5 Å². The molecule has 0 aromatic heterocycles. The van der Waals surface area contributed by atoms with Crippen LogP contribution in [0.25, 0.3) is 0 Å². The van der Waals surface area contributed by atoms with Crippen molar-refractivity contribution in [1.29, 1.82) is 0 Å². The van der Waals surface area contributed by atoms with Gasteiger partial charge in [-0.25, -0.2) is 4.79 Å². The highest BCUT2D eigenvalue weighted by Gasteiger charge is 2.47. The normalized spacial score (nSPS) is 24.5. The fourth-order valence-corrected chi connectivity index (χ4v) is 2.45. The highest BCUT2D eigenvalue weighted by Crippen LogP contribution is 2.33. The van der Waals surface area contributed by atoms with Crippen LogP contribution < -0.4 is 0 Å². The molecular formula is C14H25NO3. The van der Waals surface area contributed by atoms with Gasteiger partial charge in [-0.1, -0.05) is 13.8 Å². The highest BCUT2D eigenvalue weighted by atomic mass is 16.6. The summed E-state index contributed by atoms with van der Waals surface area (Å²) in [7, 11) is 0. The molecule has 1 rings (SSSR count). The molecule has 1 amide bonds. The standard InChI is InChI=1S/C14H25NO3/c1-10(2)11(16)14(6)8-7-9-15(14)12(17)18-13(3,4)5/h10H,7-9H2,1-6H3. The molecule has 0 bridgehead atoms. The van der Waals surface area contributed by atoms with Crippen LogP contribution >= 0.6 is 0 Å². The first-order valence-electron chi connectivity index (χ1n) is 6.63. The van der Waals surface area contributed by atoms with Gasteiger partial charge in [0.05, 0.1) is 0 Å². The maximum absolute atomic E-state index is 12.3. The van der Waals surface area contributed by atoms with E-state index in [0.29, 0.717) is 6.54 Å². The molecule has 0 spiro atoms. The minimum atomic E-state index is -0.698. The summed E-state index contributed by atoms with van der Waals surface area (Å²) < 4.78 is 5.38. The lowest BCUT2D eigenvalue weighted by Crippen LogP contribution is -2.53. The van der Waals surface area contributed by atoms with Gasteiger partial charge < -0.3 is 4.74 Å². The third kappa shape index (κ3) is 3.03. The Morgan fingerprint density at radius 1 is 1.28 bits per heavy atom. The van der Waals surface area contributed by atoms with Gasteiger partial charge in [-0.05, 0) is 40.5 Å². The van der Waals surface area contributed by atoms with Crippen LogP contribution in [0.5, 0.6) is 0 Å². The van der Waals surface area contributed by atoms with Gasteiger partial charge in [-0.15, -0.1) is 0 Å². The van der Waals surface area contributed by atoms with E-state index in [1.807, 2.05) is 41.5 Å². The zero-order chi connectivity index (χ0) is 14.1. The first kappa shape index (κ1) is 15.0. The summed E-state index contributed by atoms with van der Waals surface area (Å²) in [5, 5.41) is 0. The van der Waals surface area contributed by atoms with E-state index in [4.69, 9.17) is 4.74 Å². The van der Waals surface area contributed by atoms with Gasteiger partial charge in [0.2, 0.25) is 0 Å². The Balaban J connectivity index is 2.88. The molecule has 1 fully saturated rings. The van der Waals surface area contributed by atoms with Gasteiger partial charge >= 0.3 is 6.09 Å². The lowest BCUT2D eigenvalue weighted by atomic mass is 9.87. The molecule has 0 saturated carbocycles. The maximum atomic E-state index is 12.3. The Hall–Kier alpha value is -1.06. The molecule has 4 heteroatoms. The summed E-state index contributed by atoms with van der Waals surface area (Å²) in [5.74, 6) is 0.0453. The van der Waals surface area contributed by atoms with Gasteiger partial charge in [0.25, 0.3) is 0 Å². The number of ether oxygens (including phenoxy) is 1. The molecule has 0 aromatic carbocycles. The van der Waals surface area contributed by atoms with Crippen LogP contribution in [0.2, 0.25) is 0 Å². The molecule has 1 saturated heterocycles. The minimum absolute atomic E-state index is 0.0713. The van der Waals surface area contributed by atoms with Gasteiger partial charge in [0.15, 0.2) is 5.78 Å². The number of amides is 1. The molecule has 104 valence electrons. The van der Waals surface area contributed by atoms with Crippen molar-refractivity contribution in [3.05, 3.63) is 0 Å². The Morgan fingerprint density at radius 3 is 2.28 bits per heavy atom. The second-order valence-corrected chi connectivity index (χ2v) is 6.53. The SMILES string of the molecule is CC(C)C(=O)C1(C)CCCN1C(=O)OC(C)(C)C. The summed E-state index contributed by atoms with van der Waals surface area (Å²) in [6.45, 7) is 11.7. The summed E-state index contributed by atoms with van der Waals surface area (Å²) in [5.41, 5.74) is -1.22. The van der Waals surface area contributed by atoms with Crippen molar-refractivity contribution in [2.75, 3.05) is 6.54 Å². The first-order chi connectivity index (χ1) is 8.08. The van der Waals surface area contributed by atoms with E-state index in [-0.39, 0.29) is 17.8 Å². The van der Waals surface area contributed by atoms with Gasteiger partial charge in [0.1, 0.15) is 11.1 Å². The number of ketones is 1. The Labute approximate surface area is 110 Å². The number of hydrogen-bond acceptors (Lipinski definition) is 3. The van der Waals surface area contributed by atoms with Crippen molar-refractivity contribution in [2.24, 2.45) is 5.92 Å². The lowest BCUT2D eigenvalue weighted by molar-refractivity contribution is -0.131. The lowest BCUT2D eigenvalue weighted by Gasteiger charge is -2.36. The molecule has 0 N–H and O–H groups in total. The zero-order valence-corrected chi connectivity index (χ0v) is 12.4. The molecular weight excluding hydrogens is 230 g/mol. The predicted octanol–water partition coefficient (Wildman–Crippen LogP) is 3.00. The van der Waals surface area contributed by atoms with Crippen LogP contribution in [0.15, 0.2) is 0 Å². The second kappa shape index (κ2) is 4.90. The summed E-state index contributed by atoms with van der Waals surface area (Å²) >= 11 is 0. The summed E-state index contributed by atoms with van der Waals surface area (Å²) in [6, 6.07) is 0. The number of nitrogens with zero attached hydrogens (tertiary/aromatic N) is 1. The van der Waals surface area contributed by atoms with E-state index >= 15 is 0 Å². The van der Waals surface area contributed by atoms with Crippen molar-refractivity contribution >= 4 is 11.9 Å². The van der Waals surface area contributed by atoms with E-state index in [0.717, 1.165) is 12.8 Å². The molecule has 0 aliphatic carbocycles. The van der Waals surface area contributed by atoms with Crippen molar-refractivity contribution in [1.82, 2.24) is 4.90 Å². The van der Waals surface area contributed by atoms with Crippen LogP contribution in [0.3, 0.4) is 0 Å². The largest absolute Gasteiger partial charge is 0.444 e. The minimum Gasteiger partial charge on any atom is -0.444 e. The van der Waals surface area contributed by atoms with Crippen molar-refractivity contribution < 1.29 is 14.3 Å². The predicted molar refractivity (Wildman–Crippen MR) is 70.4 cm³/mol. The third-order valence-electron chi connectivity index (χ3n) is 3.31. The number of carbonyl (C=O) groups excluding carboxylic acids is 2. The number of carbonyl (C=O) groups is 2. The first-order valence-corrected chi connectivity index (χ1v) is 6.63. The molecule has 4 nitrogen and oxygen atoms in total. The zero-order valence-electron chi connectivity index (χ0n) is 12.4. The van der Waals surface area contributed by atoms with E-state index in [1.165, 1.54) is 0 Å². The fraction of sp³-hybridized carbons (Fsp3) is 0.857. The van der Waals surface area contributed by atoms with Crippen molar-refractivity contribution in [3.63, 3.8) is 0 Å². The average Bonchev–Trinajstić information content (AvgIpc) is 2.57. The number of rotatable bonds is 2. The van der Waals surface area contributed by atoms with Crippen LogP contribution in [0.1, 0.15) is 54.4 Å². The number of likely N-dealkylation sites (tertiary alicyclic amines) is 1. The number of Topliss-reactive ketones (excluding diaryl/α,β-unsaturated/α-hetero) is 1. The Bertz CT molecular complexity index is 343. The summed E-state index contributed by atoms with van der Waals surface area (Å²) in [4.78, 5) is 26.1. The molecule has 1 unspecified atom stereocenters. The third-order valence-corrected chi connectivity index (χ3v) is 3.31. The molecule has 1 aliphatic heterocycles. The average molecular weight is 255 g/mol. The van der Waals surface area contributed by atoms with Gasteiger partial charge in [-0.2, -0.15) is 0 Å². The quantitative estimate of drug-likeness (QED) is 0.762. The smallest absolute Gasteiger partial charge is 0.411 e. The molecule has 1 atom stereocenters. The maximum Gasteiger partial charge on any atom is 0.411 e. The fourth-order valence-electron chi connectivity index (χ4n) is 2.45. The molecule has 0 radical (unpaired) electrons. The Kier molecular flexibility index (Phi) is 4.08. The van der Waals surface area contributed by atoms with Crippen molar-refractivity contribution in [3.8, 4) is 0 Å². The van der Waals surface area contributed by atoms with E-state index in [1.54, 1.807) is 4.90 Å². The molecule has 1 heterocycles. The van der Waals surface area contributed by atoms with Crippen LogP contribution in [0, 0.1) is 5.92 Å². The Morgan fingerprint density at radius 2 is 1.83 bits per heavy atom. The monoisotopic (exact) mass is 255 g/mol. The van der Waals surface area contributed by atoms with E-state index < -0.39 is 11.1 Å². The van der Waals surface area contributed by atoms with Gasteiger partial charge in [0, 0.05) is 12.5 Å². The molecule has 0 aromatic rings. The molecule has 1 aliphatic rings. The van der Waals surface area contributed by atoms with E-state index in [9.17, 15) is 9.59 Å². The topological polar surface area (TPSA) is 46.6 Å². The van der Waals surface area contributed by atoms with Crippen LogP contribution in [-0.4, -0.2) is 34.5 Å². The van der Waals surface area contributed by atoms with Crippen LogP contribution in [-0.2, 0) is 9.53 Å². The van der Waals surface area contributed by atoms with Crippen LogP contribution in [0.4, 0.5) is 4.79 Å². The van der Waals surface area contributed by atoms with E-state index in [2.05, 4.69) is 0 Å². The van der Waals surface area contributed by atoms with Gasteiger partial charge in [-0.3, -0.25) is 9.69 Å². The summed E-state index contributed by atoms with van der Waals surface area (Å²) in [6.07, 6.45) is 1.20. The highest BCUT2D eigenvalue weighted by molar-refractivity contribution is 5.93. The number of hydrogen-bond donors (Lipinski definition) is 0. The second-order valence-electron chi connectivity index (χ2n) is 6.53.